The van der Waals surface area contributed by atoms with Crippen molar-refractivity contribution in [1.82, 2.24) is 14.8 Å². The molecule has 0 saturated carbocycles. The molecule has 0 unspecified atom stereocenters. The SMILES string of the molecule is Cc1ccc(C#N)cc1-c1cc(=O)c2c(F)c(-c3cnn(C)c3)c(F)cc2[nH]1. The topological polar surface area (TPSA) is 74.5 Å². The number of benzene rings is 2. The molecule has 0 aliphatic carbocycles. The first-order valence-electron chi connectivity index (χ1n) is 8.44. The van der Waals surface area contributed by atoms with Crippen molar-refractivity contribution in [2.24, 2.45) is 7.05 Å². The summed E-state index contributed by atoms with van der Waals surface area (Å²) in [4.78, 5) is 15.6. The lowest BCUT2D eigenvalue weighted by Crippen LogP contribution is -2.08. The van der Waals surface area contributed by atoms with E-state index in [1.54, 1.807) is 25.2 Å². The van der Waals surface area contributed by atoms with Crippen molar-refractivity contribution in [2.75, 3.05) is 0 Å². The molecule has 4 aromatic rings. The number of hydrogen-bond acceptors (Lipinski definition) is 3. The van der Waals surface area contributed by atoms with E-state index in [-0.39, 0.29) is 22.0 Å². The molecule has 0 amide bonds. The average Bonchev–Trinajstić information content (AvgIpc) is 3.07. The van der Waals surface area contributed by atoms with Crippen molar-refractivity contribution < 1.29 is 8.78 Å². The second kappa shape index (κ2) is 6.43. The zero-order valence-electron chi connectivity index (χ0n) is 15.0. The van der Waals surface area contributed by atoms with E-state index in [0.717, 1.165) is 11.6 Å². The lowest BCUT2D eigenvalue weighted by atomic mass is 10.00. The molecule has 0 radical (unpaired) electrons. The van der Waals surface area contributed by atoms with E-state index < -0.39 is 17.1 Å². The normalized spacial score (nSPS) is 11.0. The van der Waals surface area contributed by atoms with Crippen LogP contribution in [0, 0.1) is 29.9 Å². The van der Waals surface area contributed by atoms with E-state index in [1.807, 2.05) is 13.0 Å². The Labute approximate surface area is 158 Å². The number of pyridine rings is 1. The summed E-state index contributed by atoms with van der Waals surface area (Å²) >= 11 is 0. The maximum atomic E-state index is 15.1. The van der Waals surface area contributed by atoms with Crippen molar-refractivity contribution in [3.8, 4) is 28.5 Å². The van der Waals surface area contributed by atoms with Crippen LogP contribution in [-0.2, 0) is 7.05 Å². The van der Waals surface area contributed by atoms with Gasteiger partial charge in [-0.05, 0) is 30.7 Å². The van der Waals surface area contributed by atoms with Crippen LogP contribution in [0.3, 0.4) is 0 Å². The molecule has 4 rings (SSSR count). The van der Waals surface area contributed by atoms with E-state index in [4.69, 9.17) is 5.26 Å². The van der Waals surface area contributed by atoms with Crippen molar-refractivity contribution in [3.63, 3.8) is 0 Å². The molecule has 2 aromatic carbocycles. The first kappa shape index (κ1) is 17.6. The van der Waals surface area contributed by atoms with Crippen LogP contribution in [0.25, 0.3) is 33.3 Å². The average molecular weight is 376 g/mol. The largest absolute Gasteiger partial charge is 0.354 e. The fraction of sp³-hybridized carbons (Fsp3) is 0.0952. The smallest absolute Gasteiger partial charge is 0.193 e. The van der Waals surface area contributed by atoms with Crippen LogP contribution >= 0.6 is 0 Å². The number of H-pyrrole nitrogens is 1. The predicted octanol–water partition coefficient (Wildman–Crippen LogP) is 4.05. The number of aryl methyl sites for hydroxylation is 2. The van der Waals surface area contributed by atoms with Gasteiger partial charge in [0.25, 0.3) is 0 Å². The number of nitrogens with zero attached hydrogens (tertiary/aromatic N) is 3. The molecule has 0 aliphatic rings. The quantitative estimate of drug-likeness (QED) is 0.573. The molecule has 0 bridgehead atoms. The number of nitriles is 1. The van der Waals surface area contributed by atoms with Crippen molar-refractivity contribution >= 4 is 10.9 Å². The third-order valence-electron chi connectivity index (χ3n) is 4.66. The standard InChI is InChI=1S/C21H14F2N4O/c1-11-3-4-12(8-24)5-14(11)16-7-18(28)20-17(26-16)6-15(22)19(21(20)23)13-9-25-27(2)10-13/h3-7,9-10H,1-2H3,(H,26,28). The fourth-order valence-corrected chi connectivity index (χ4v) is 3.28. The number of halogens is 2. The third-order valence-corrected chi connectivity index (χ3v) is 4.66. The number of nitrogens with one attached hydrogen (secondary N) is 1. The van der Waals surface area contributed by atoms with Gasteiger partial charge in [-0.15, -0.1) is 0 Å². The number of fused-ring (bicyclic) bond motifs is 1. The molecular weight excluding hydrogens is 362 g/mol. The lowest BCUT2D eigenvalue weighted by Gasteiger charge is -2.11. The van der Waals surface area contributed by atoms with Gasteiger partial charge in [-0.1, -0.05) is 6.07 Å². The first-order valence-corrected chi connectivity index (χ1v) is 8.44. The van der Waals surface area contributed by atoms with Crippen LogP contribution in [0.5, 0.6) is 0 Å². The lowest BCUT2D eigenvalue weighted by molar-refractivity contribution is 0.597. The van der Waals surface area contributed by atoms with Crippen LogP contribution < -0.4 is 5.43 Å². The second-order valence-electron chi connectivity index (χ2n) is 6.56. The van der Waals surface area contributed by atoms with Gasteiger partial charge in [-0.25, -0.2) is 8.78 Å². The Kier molecular flexibility index (Phi) is 4.04. The summed E-state index contributed by atoms with van der Waals surface area (Å²) in [6.07, 6.45) is 2.82. The van der Waals surface area contributed by atoms with E-state index in [2.05, 4.69) is 10.1 Å². The Morgan fingerprint density at radius 2 is 2.00 bits per heavy atom. The van der Waals surface area contributed by atoms with Crippen LogP contribution in [0.15, 0.2) is 47.5 Å². The summed E-state index contributed by atoms with van der Waals surface area (Å²) in [6, 6.07) is 9.46. The molecule has 28 heavy (non-hydrogen) atoms. The molecule has 7 heteroatoms. The van der Waals surface area contributed by atoms with E-state index in [0.29, 0.717) is 16.8 Å². The summed E-state index contributed by atoms with van der Waals surface area (Å²) < 4.78 is 31.2. The highest BCUT2D eigenvalue weighted by molar-refractivity contribution is 5.87. The molecule has 0 fully saturated rings. The monoisotopic (exact) mass is 376 g/mol. The van der Waals surface area contributed by atoms with E-state index in [9.17, 15) is 9.18 Å². The van der Waals surface area contributed by atoms with Gasteiger partial charge in [-0.3, -0.25) is 9.48 Å². The summed E-state index contributed by atoms with van der Waals surface area (Å²) in [5.74, 6) is -1.73. The highest BCUT2D eigenvalue weighted by atomic mass is 19.1. The molecule has 2 heterocycles. The van der Waals surface area contributed by atoms with Gasteiger partial charge in [0.15, 0.2) is 5.43 Å². The van der Waals surface area contributed by atoms with Gasteiger partial charge in [0.05, 0.1) is 40.0 Å². The maximum Gasteiger partial charge on any atom is 0.193 e. The van der Waals surface area contributed by atoms with E-state index >= 15 is 4.39 Å². The highest BCUT2D eigenvalue weighted by Gasteiger charge is 2.20. The first-order chi connectivity index (χ1) is 13.4. The molecule has 138 valence electrons. The Morgan fingerprint density at radius 1 is 1.21 bits per heavy atom. The minimum atomic E-state index is -0.932. The Hall–Kier alpha value is -3.79. The van der Waals surface area contributed by atoms with Gasteiger partial charge in [0.2, 0.25) is 0 Å². The Balaban J connectivity index is 1.99. The molecule has 0 saturated heterocycles. The third kappa shape index (κ3) is 2.76. The maximum absolute atomic E-state index is 15.1. The molecule has 0 spiro atoms. The van der Waals surface area contributed by atoms with E-state index in [1.165, 1.54) is 23.1 Å². The zero-order valence-corrected chi connectivity index (χ0v) is 15.0. The molecular formula is C21H14F2N4O. The van der Waals surface area contributed by atoms with Crippen molar-refractivity contribution in [1.29, 1.82) is 5.26 Å². The number of hydrogen-bond donors (Lipinski definition) is 1. The van der Waals surface area contributed by atoms with Gasteiger partial charge in [-0.2, -0.15) is 10.4 Å². The zero-order chi connectivity index (χ0) is 20.0. The van der Waals surface area contributed by atoms with Gasteiger partial charge >= 0.3 is 0 Å². The Bertz CT molecular complexity index is 1350. The van der Waals surface area contributed by atoms with Gasteiger partial charge in [0, 0.05) is 30.4 Å². The molecule has 1 N–H and O–H groups in total. The van der Waals surface area contributed by atoms with Gasteiger partial charge in [0.1, 0.15) is 11.6 Å². The highest BCUT2D eigenvalue weighted by Crippen LogP contribution is 2.31. The van der Waals surface area contributed by atoms with Crippen molar-refractivity contribution in [2.45, 2.75) is 6.92 Å². The minimum Gasteiger partial charge on any atom is -0.354 e. The summed E-state index contributed by atoms with van der Waals surface area (Å²) in [5.41, 5.74) is 1.69. The minimum absolute atomic E-state index is 0.0481. The van der Waals surface area contributed by atoms with Crippen molar-refractivity contribution in [3.05, 3.63) is 75.7 Å². The molecule has 2 aromatic heterocycles. The summed E-state index contributed by atoms with van der Waals surface area (Å²) in [6.45, 7) is 1.83. The predicted molar refractivity (Wildman–Crippen MR) is 102 cm³/mol. The summed E-state index contributed by atoms with van der Waals surface area (Å²) in [5, 5.41) is 12.8. The van der Waals surface area contributed by atoms with Crippen LogP contribution in [-0.4, -0.2) is 14.8 Å². The molecule has 5 nitrogen and oxygen atoms in total. The van der Waals surface area contributed by atoms with Gasteiger partial charge < -0.3 is 4.98 Å². The fourth-order valence-electron chi connectivity index (χ4n) is 3.28. The molecule has 0 aliphatic heterocycles. The van der Waals surface area contributed by atoms with Crippen LogP contribution in [0.2, 0.25) is 0 Å². The summed E-state index contributed by atoms with van der Waals surface area (Å²) in [7, 11) is 1.64. The number of rotatable bonds is 2. The Morgan fingerprint density at radius 3 is 2.68 bits per heavy atom. The second-order valence-corrected chi connectivity index (χ2v) is 6.56. The number of aromatic nitrogens is 3. The number of aromatic amines is 1. The van der Waals surface area contributed by atoms with Crippen LogP contribution in [0.4, 0.5) is 8.78 Å². The van der Waals surface area contributed by atoms with Crippen LogP contribution in [0.1, 0.15) is 11.1 Å². The molecule has 0 atom stereocenters.